The van der Waals surface area contributed by atoms with Gasteiger partial charge >= 0.3 is 17.4 Å². The fourth-order valence-corrected chi connectivity index (χ4v) is 5.73. The predicted molar refractivity (Wildman–Crippen MR) is 169 cm³/mol. The summed E-state index contributed by atoms with van der Waals surface area (Å²) < 4.78 is 4.98. The van der Waals surface area contributed by atoms with Crippen molar-refractivity contribution in [1.82, 2.24) is 10.2 Å². The number of nitrogens with one attached hydrogen (secondary N) is 2. The number of methoxy groups -OCH3 is 1. The lowest BCUT2D eigenvalue weighted by Crippen LogP contribution is -2.59. The molecule has 4 aromatic rings. The van der Waals surface area contributed by atoms with E-state index < -0.39 is 23.4 Å². The third kappa shape index (κ3) is 5.36. The lowest BCUT2D eigenvalue weighted by molar-refractivity contribution is -0.146. The molecule has 2 aliphatic rings. The molecular formula is C33H28ClN5O5. The predicted octanol–water partition coefficient (Wildman–Crippen LogP) is 6.12. The molecule has 10 nitrogen and oxygen atoms in total. The van der Waals surface area contributed by atoms with Crippen molar-refractivity contribution in [3.05, 3.63) is 103 Å². The summed E-state index contributed by atoms with van der Waals surface area (Å²) in [6, 6.07) is 27.3. The van der Waals surface area contributed by atoms with E-state index in [2.05, 4.69) is 10.6 Å². The lowest BCUT2D eigenvalue weighted by Gasteiger charge is -2.38. The number of ether oxygens (including phenoxy) is 1. The Morgan fingerprint density at radius 1 is 0.864 bits per heavy atom. The molecule has 0 saturated carbocycles. The summed E-state index contributed by atoms with van der Waals surface area (Å²) in [5, 5.41) is 5.42. The smallest absolute Gasteiger partial charge is 0.330 e. The summed E-state index contributed by atoms with van der Waals surface area (Å²) in [5.41, 5.74) is 4.32. The van der Waals surface area contributed by atoms with E-state index in [4.69, 9.17) is 16.3 Å². The minimum atomic E-state index is -0.822. The van der Waals surface area contributed by atoms with Gasteiger partial charge in [-0.05, 0) is 71.3 Å². The van der Waals surface area contributed by atoms with Gasteiger partial charge in [-0.2, -0.15) is 0 Å². The summed E-state index contributed by atoms with van der Waals surface area (Å²) >= 11 is 5.93. The Kier molecular flexibility index (Phi) is 8.01. The van der Waals surface area contributed by atoms with Gasteiger partial charge in [-0.25, -0.2) is 9.59 Å². The van der Waals surface area contributed by atoms with Gasteiger partial charge in [-0.15, -0.1) is 0 Å². The van der Waals surface area contributed by atoms with Gasteiger partial charge in [0.25, 0.3) is 5.91 Å². The van der Waals surface area contributed by atoms with Crippen molar-refractivity contribution in [2.45, 2.75) is 6.04 Å². The number of carbonyl (C=O) groups is 4. The summed E-state index contributed by atoms with van der Waals surface area (Å²) in [6.45, 7) is 1.04. The Hall–Kier alpha value is -5.19. The molecular weight excluding hydrogens is 582 g/mol. The topological polar surface area (TPSA) is 111 Å². The van der Waals surface area contributed by atoms with Crippen LogP contribution in [0.3, 0.4) is 0 Å². The fraction of sp³-hybridized carbons (Fsp3) is 0.152. The number of carbonyl (C=O) groups excluding carboxylic acids is 4. The Balaban J connectivity index is 1.39. The molecule has 0 spiro atoms. The zero-order valence-corrected chi connectivity index (χ0v) is 24.5. The molecule has 2 N–H and O–H groups in total. The standard InChI is InChI=1S/C33H28ClN5O5/c1-44-31(41)29-20-35-17-18-37(29)33(43)39-27-16-13-22(19-25(27)30(40)36-26-9-5-6-10-28(26)39)21-11-14-24(15-12-21)38(32(34)42)23-7-3-2-4-8-23/h2-16,19,29,35H,17-18,20H2,1H3,(H,36,40)/t29-/m0/s1. The monoisotopic (exact) mass is 609 g/mol. The van der Waals surface area contributed by atoms with Crippen LogP contribution < -0.4 is 20.4 Å². The third-order valence-electron chi connectivity index (χ3n) is 7.68. The van der Waals surface area contributed by atoms with Crippen LogP contribution in [0.4, 0.5) is 38.0 Å². The van der Waals surface area contributed by atoms with Gasteiger partial charge in [-0.1, -0.05) is 48.5 Å². The first kappa shape index (κ1) is 28.9. The third-order valence-corrected chi connectivity index (χ3v) is 7.85. The number of halogens is 1. The number of para-hydroxylation sites is 3. The van der Waals surface area contributed by atoms with E-state index in [-0.39, 0.29) is 24.6 Å². The molecule has 1 saturated heterocycles. The normalized spacial score (nSPS) is 15.8. The molecule has 1 fully saturated rings. The first-order valence-corrected chi connectivity index (χ1v) is 14.3. The van der Waals surface area contributed by atoms with Crippen LogP contribution in [0.15, 0.2) is 97.1 Å². The van der Waals surface area contributed by atoms with E-state index in [0.717, 1.165) is 11.1 Å². The summed E-state index contributed by atoms with van der Waals surface area (Å²) in [6.07, 6.45) is 0. The van der Waals surface area contributed by atoms with Gasteiger partial charge in [-0.3, -0.25) is 19.4 Å². The number of benzene rings is 4. The van der Waals surface area contributed by atoms with Crippen molar-refractivity contribution >= 4 is 63.3 Å². The molecule has 222 valence electrons. The molecule has 6 rings (SSSR count). The van der Waals surface area contributed by atoms with Crippen LogP contribution in [-0.2, 0) is 9.53 Å². The fourth-order valence-electron chi connectivity index (χ4n) is 5.53. The van der Waals surface area contributed by atoms with Crippen LogP contribution in [0.5, 0.6) is 0 Å². The largest absolute Gasteiger partial charge is 0.467 e. The zero-order chi connectivity index (χ0) is 30.8. The van der Waals surface area contributed by atoms with Crippen LogP contribution in [-0.4, -0.2) is 61.0 Å². The van der Waals surface area contributed by atoms with E-state index >= 15 is 0 Å². The van der Waals surface area contributed by atoms with Gasteiger partial charge in [0, 0.05) is 19.6 Å². The minimum Gasteiger partial charge on any atom is -0.467 e. The summed E-state index contributed by atoms with van der Waals surface area (Å²) in [5.74, 6) is -0.905. The number of rotatable bonds is 4. The van der Waals surface area contributed by atoms with Crippen LogP contribution in [0, 0.1) is 0 Å². The number of fused-ring (bicyclic) bond motifs is 2. The summed E-state index contributed by atoms with van der Waals surface area (Å²) in [4.78, 5) is 57.0. The van der Waals surface area contributed by atoms with Gasteiger partial charge in [0.1, 0.15) is 6.04 Å². The average molecular weight is 610 g/mol. The van der Waals surface area contributed by atoms with Gasteiger partial charge in [0.2, 0.25) is 0 Å². The lowest BCUT2D eigenvalue weighted by atomic mass is 10.0. The second kappa shape index (κ2) is 12.2. The number of hydrogen-bond acceptors (Lipinski definition) is 6. The Bertz CT molecular complexity index is 1750. The van der Waals surface area contributed by atoms with Crippen molar-refractivity contribution in [3.63, 3.8) is 0 Å². The van der Waals surface area contributed by atoms with E-state index in [1.54, 1.807) is 60.7 Å². The Morgan fingerprint density at radius 3 is 2.27 bits per heavy atom. The van der Waals surface area contributed by atoms with Crippen molar-refractivity contribution in [2.24, 2.45) is 0 Å². The molecule has 0 radical (unpaired) electrons. The number of nitrogens with zero attached hydrogens (tertiary/aromatic N) is 3. The van der Waals surface area contributed by atoms with E-state index in [1.807, 2.05) is 36.4 Å². The van der Waals surface area contributed by atoms with E-state index in [1.165, 1.54) is 21.8 Å². The number of esters is 1. The van der Waals surface area contributed by atoms with Crippen molar-refractivity contribution in [2.75, 3.05) is 41.9 Å². The molecule has 11 heteroatoms. The molecule has 0 bridgehead atoms. The first-order chi connectivity index (χ1) is 21.4. The van der Waals surface area contributed by atoms with Gasteiger partial charge < -0.3 is 20.3 Å². The summed E-state index contributed by atoms with van der Waals surface area (Å²) in [7, 11) is 1.29. The second-order valence-electron chi connectivity index (χ2n) is 10.2. The van der Waals surface area contributed by atoms with Crippen LogP contribution in [0.2, 0.25) is 0 Å². The highest BCUT2D eigenvalue weighted by molar-refractivity contribution is 6.67. The van der Waals surface area contributed by atoms with Crippen molar-refractivity contribution in [1.29, 1.82) is 0 Å². The highest BCUT2D eigenvalue weighted by Crippen LogP contribution is 2.40. The molecule has 0 aliphatic carbocycles. The van der Waals surface area contributed by atoms with Gasteiger partial charge in [0.15, 0.2) is 0 Å². The molecule has 0 aromatic heterocycles. The number of hydrogen-bond donors (Lipinski definition) is 2. The average Bonchev–Trinajstić information content (AvgIpc) is 3.18. The number of piperazine rings is 1. The Morgan fingerprint density at radius 2 is 1.55 bits per heavy atom. The van der Waals surface area contributed by atoms with Gasteiger partial charge in [0.05, 0.1) is 41.1 Å². The molecule has 1 atom stereocenters. The maximum atomic E-state index is 14.2. The first-order valence-electron chi connectivity index (χ1n) is 14.0. The highest BCUT2D eigenvalue weighted by Gasteiger charge is 2.39. The SMILES string of the molecule is COC(=O)[C@@H]1CNCCN1C(=O)N1c2ccccc2NC(=O)c2cc(-c3ccc(N(C(=O)Cl)c4ccccc4)cc3)ccc21. The highest BCUT2D eigenvalue weighted by atomic mass is 35.5. The Labute approximate surface area is 258 Å². The van der Waals surface area contributed by atoms with Crippen LogP contribution >= 0.6 is 11.6 Å². The van der Waals surface area contributed by atoms with Crippen molar-refractivity contribution < 1.29 is 23.9 Å². The second-order valence-corrected chi connectivity index (χ2v) is 10.6. The number of anilines is 5. The molecule has 0 unspecified atom stereocenters. The maximum Gasteiger partial charge on any atom is 0.330 e. The minimum absolute atomic E-state index is 0.254. The quantitative estimate of drug-likeness (QED) is 0.164. The van der Waals surface area contributed by atoms with E-state index in [9.17, 15) is 19.2 Å². The molecule has 4 amide bonds. The van der Waals surface area contributed by atoms with E-state index in [0.29, 0.717) is 35.0 Å². The molecule has 44 heavy (non-hydrogen) atoms. The zero-order valence-electron chi connectivity index (χ0n) is 23.7. The number of amides is 4. The molecule has 2 aliphatic heterocycles. The maximum absolute atomic E-state index is 14.2. The molecule has 4 aromatic carbocycles. The number of urea groups is 1. The van der Waals surface area contributed by atoms with Crippen molar-refractivity contribution in [3.8, 4) is 11.1 Å². The van der Waals surface area contributed by atoms with Crippen LogP contribution in [0.1, 0.15) is 10.4 Å². The van der Waals surface area contributed by atoms with Crippen LogP contribution in [0.25, 0.3) is 11.1 Å². The molecule has 2 heterocycles.